The van der Waals surface area contributed by atoms with Crippen LogP contribution in [0.2, 0.25) is 0 Å². The average Bonchev–Trinajstić information content (AvgIpc) is 3.47. The summed E-state index contributed by atoms with van der Waals surface area (Å²) in [5.41, 5.74) is 2.58. The number of para-hydroxylation sites is 1. The molecule has 0 saturated carbocycles. The lowest BCUT2D eigenvalue weighted by molar-refractivity contribution is -0.384. The van der Waals surface area contributed by atoms with E-state index in [1.54, 1.807) is 41.0 Å². The average molecular weight is 531 g/mol. The molecule has 1 aliphatic heterocycles. The van der Waals surface area contributed by atoms with Gasteiger partial charge in [-0.25, -0.2) is 4.98 Å². The number of nitrogens with zero attached hydrogens (tertiary/aromatic N) is 3. The van der Waals surface area contributed by atoms with Gasteiger partial charge < -0.3 is 10.1 Å². The number of nitro benzene ring substituents is 1. The summed E-state index contributed by atoms with van der Waals surface area (Å²) in [7, 11) is 0. The third-order valence-corrected chi connectivity index (χ3v) is 7.43. The lowest BCUT2D eigenvalue weighted by Crippen LogP contribution is -2.31. The van der Waals surface area contributed by atoms with Crippen molar-refractivity contribution >= 4 is 34.3 Å². The number of aromatic nitrogens is 2. The van der Waals surface area contributed by atoms with Crippen molar-refractivity contribution in [3.8, 4) is 0 Å². The van der Waals surface area contributed by atoms with Gasteiger partial charge in [-0.05, 0) is 48.2 Å². The van der Waals surface area contributed by atoms with Gasteiger partial charge in [0.15, 0.2) is 5.16 Å². The Bertz CT molecular complexity index is 1530. The van der Waals surface area contributed by atoms with Gasteiger partial charge in [-0.1, -0.05) is 48.2 Å². The molecule has 3 aromatic carbocycles. The molecule has 5 rings (SSSR count). The Morgan fingerprint density at radius 3 is 2.68 bits per heavy atom. The number of nitrogens with one attached hydrogen (secondary N) is 1. The molecular weight excluding hydrogens is 504 g/mol. The monoisotopic (exact) mass is 530 g/mol. The number of hydrogen-bond donors (Lipinski definition) is 1. The zero-order chi connectivity index (χ0) is 26.5. The molecule has 1 saturated heterocycles. The fraction of sp³-hybridized carbons (Fsp3) is 0.250. The van der Waals surface area contributed by atoms with E-state index in [0.717, 1.165) is 30.6 Å². The largest absolute Gasteiger partial charge is 0.376 e. The molecular formula is C28H26N4O5S. The van der Waals surface area contributed by atoms with E-state index in [0.29, 0.717) is 33.9 Å². The van der Waals surface area contributed by atoms with Crippen LogP contribution in [0, 0.1) is 10.1 Å². The summed E-state index contributed by atoms with van der Waals surface area (Å²) in [6.07, 6.45) is 2.04. The number of benzene rings is 3. The highest BCUT2D eigenvalue weighted by molar-refractivity contribution is 7.98. The number of carbonyl (C=O) groups is 1. The predicted molar refractivity (Wildman–Crippen MR) is 146 cm³/mol. The Kier molecular flexibility index (Phi) is 7.81. The van der Waals surface area contributed by atoms with E-state index in [-0.39, 0.29) is 29.8 Å². The van der Waals surface area contributed by atoms with Gasteiger partial charge in [0.2, 0.25) is 0 Å². The lowest BCUT2D eigenvalue weighted by Gasteiger charge is -2.14. The number of nitro groups is 1. The number of hydrogen-bond acceptors (Lipinski definition) is 7. The zero-order valence-corrected chi connectivity index (χ0v) is 21.4. The lowest BCUT2D eigenvalue weighted by atomic mass is 10.1. The van der Waals surface area contributed by atoms with Crippen LogP contribution in [0.3, 0.4) is 0 Å². The van der Waals surface area contributed by atoms with Crippen molar-refractivity contribution in [2.24, 2.45) is 0 Å². The summed E-state index contributed by atoms with van der Waals surface area (Å²) in [6.45, 7) is 1.50. The summed E-state index contributed by atoms with van der Waals surface area (Å²) in [5, 5.41) is 15.1. The van der Waals surface area contributed by atoms with Crippen LogP contribution in [0.25, 0.3) is 10.9 Å². The highest BCUT2D eigenvalue weighted by Crippen LogP contribution is 2.25. The van der Waals surface area contributed by atoms with Crippen LogP contribution >= 0.6 is 11.8 Å². The van der Waals surface area contributed by atoms with Crippen molar-refractivity contribution < 1.29 is 14.5 Å². The highest BCUT2D eigenvalue weighted by Gasteiger charge is 2.17. The number of rotatable bonds is 9. The molecule has 0 unspecified atom stereocenters. The SMILES string of the molecule is O=C(NC[C@@H]1CCCO1)c1ccc(Cn2c(SCc3cccc([N+](=O)[O-])c3)nc3ccccc3c2=O)cc1. The maximum Gasteiger partial charge on any atom is 0.269 e. The van der Waals surface area contributed by atoms with E-state index in [1.807, 2.05) is 24.3 Å². The Hall–Kier alpha value is -4.02. The van der Waals surface area contributed by atoms with Crippen LogP contribution < -0.4 is 10.9 Å². The molecule has 1 aliphatic rings. The second-order valence-electron chi connectivity index (χ2n) is 9.06. The molecule has 10 heteroatoms. The Balaban J connectivity index is 1.36. The molecule has 0 radical (unpaired) electrons. The molecule has 1 aromatic heterocycles. The number of ether oxygens (including phenoxy) is 1. The van der Waals surface area contributed by atoms with Gasteiger partial charge in [-0.15, -0.1) is 0 Å². The third-order valence-electron chi connectivity index (χ3n) is 6.39. The van der Waals surface area contributed by atoms with Gasteiger partial charge in [0.25, 0.3) is 17.2 Å². The molecule has 194 valence electrons. The second-order valence-corrected chi connectivity index (χ2v) is 10.0. The first-order chi connectivity index (χ1) is 18.5. The molecule has 0 bridgehead atoms. The van der Waals surface area contributed by atoms with Crippen molar-refractivity contribution in [1.82, 2.24) is 14.9 Å². The molecule has 1 amide bonds. The minimum Gasteiger partial charge on any atom is -0.376 e. The van der Waals surface area contributed by atoms with Crippen molar-refractivity contribution in [3.05, 3.63) is 110 Å². The van der Waals surface area contributed by atoms with E-state index < -0.39 is 4.92 Å². The van der Waals surface area contributed by atoms with E-state index in [4.69, 9.17) is 9.72 Å². The predicted octanol–water partition coefficient (Wildman–Crippen LogP) is 4.55. The van der Waals surface area contributed by atoms with Crippen molar-refractivity contribution in [2.75, 3.05) is 13.2 Å². The number of fused-ring (bicyclic) bond motifs is 1. The van der Waals surface area contributed by atoms with Gasteiger partial charge in [-0.2, -0.15) is 0 Å². The quantitative estimate of drug-likeness (QED) is 0.146. The van der Waals surface area contributed by atoms with Gasteiger partial charge in [0, 0.05) is 36.6 Å². The van der Waals surface area contributed by atoms with E-state index >= 15 is 0 Å². The summed E-state index contributed by atoms with van der Waals surface area (Å²) in [6, 6.07) is 20.8. The second kappa shape index (κ2) is 11.6. The van der Waals surface area contributed by atoms with Crippen molar-refractivity contribution in [3.63, 3.8) is 0 Å². The number of non-ortho nitro benzene ring substituents is 1. The molecule has 2 heterocycles. The first kappa shape index (κ1) is 25.6. The fourth-order valence-corrected chi connectivity index (χ4v) is 5.30. The van der Waals surface area contributed by atoms with Gasteiger partial charge in [-0.3, -0.25) is 24.3 Å². The number of thioether (sulfide) groups is 1. The van der Waals surface area contributed by atoms with Crippen LogP contribution in [-0.4, -0.2) is 39.6 Å². The first-order valence-electron chi connectivity index (χ1n) is 12.3. The fourth-order valence-electron chi connectivity index (χ4n) is 4.36. The Morgan fingerprint density at radius 1 is 1.11 bits per heavy atom. The zero-order valence-electron chi connectivity index (χ0n) is 20.5. The maximum atomic E-state index is 13.4. The topological polar surface area (TPSA) is 116 Å². The van der Waals surface area contributed by atoms with E-state index in [2.05, 4.69) is 5.32 Å². The molecule has 1 N–H and O–H groups in total. The minimum atomic E-state index is -0.426. The molecule has 1 atom stereocenters. The highest BCUT2D eigenvalue weighted by atomic mass is 32.2. The summed E-state index contributed by atoms with van der Waals surface area (Å²) in [4.78, 5) is 41.4. The normalized spacial score (nSPS) is 15.0. The Morgan fingerprint density at radius 2 is 1.92 bits per heavy atom. The van der Waals surface area contributed by atoms with Gasteiger partial charge in [0.05, 0.1) is 28.5 Å². The first-order valence-corrected chi connectivity index (χ1v) is 13.3. The molecule has 9 nitrogen and oxygen atoms in total. The molecule has 1 fully saturated rings. The van der Waals surface area contributed by atoms with Crippen molar-refractivity contribution in [1.29, 1.82) is 0 Å². The molecule has 0 spiro atoms. The summed E-state index contributed by atoms with van der Waals surface area (Å²) in [5.74, 6) is 0.251. The van der Waals surface area contributed by atoms with Crippen LogP contribution in [-0.2, 0) is 17.0 Å². The van der Waals surface area contributed by atoms with Gasteiger partial charge in [0.1, 0.15) is 0 Å². The van der Waals surface area contributed by atoms with Gasteiger partial charge >= 0.3 is 0 Å². The van der Waals surface area contributed by atoms with Crippen LogP contribution in [0.1, 0.15) is 34.3 Å². The minimum absolute atomic E-state index is 0.0202. The van der Waals surface area contributed by atoms with Crippen LogP contribution in [0.4, 0.5) is 5.69 Å². The van der Waals surface area contributed by atoms with Crippen molar-refractivity contribution in [2.45, 2.75) is 36.4 Å². The molecule has 4 aromatic rings. The summed E-state index contributed by atoms with van der Waals surface area (Å²) < 4.78 is 7.17. The number of amides is 1. The summed E-state index contributed by atoms with van der Waals surface area (Å²) >= 11 is 1.35. The molecule has 38 heavy (non-hydrogen) atoms. The number of carbonyl (C=O) groups excluding carboxylic acids is 1. The van der Waals surface area contributed by atoms with E-state index in [1.165, 1.54) is 23.9 Å². The van der Waals surface area contributed by atoms with Crippen LogP contribution in [0.15, 0.2) is 82.7 Å². The maximum absolute atomic E-state index is 13.4. The Labute approximate surface area is 223 Å². The smallest absolute Gasteiger partial charge is 0.269 e. The standard InChI is InChI=1S/C28H26N4O5S/c33-26(29-16-23-7-4-14-37-23)21-12-10-19(11-13-21)17-31-27(34)24-8-1-2-9-25(24)30-28(31)38-18-20-5-3-6-22(15-20)32(35)36/h1-3,5-6,8-13,15,23H,4,7,14,16-18H2,(H,29,33)/t23-/m0/s1. The molecule has 0 aliphatic carbocycles. The van der Waals surface area contributed by atoms with E-state index in [9.17, 15) is 19.7 Å². The third kappa shape index (κ3) is 5.92. The van der Waals surface area contributed by atoms with Crippen LogP contribution in [0.5, 0.6) is 0 Å².